The Kier molecular flexibility index (Phi) is 9.56. The van der Waals surface area contributed by atoms with Gasteiger partial charge in [-0.2, -0.15) is 4.57 Å². The fraction of sp³-hybridized carbons (Fsp3) is 0.310. The number of para-hydroxylation sites is 1. The molecular weight excluding hydrogens is 683 g/mol. The number of aromatic nitrogens is 3. The van der Waals surface area contributed by atoms with Crippen LogP contribution in [0.1, 0.15) is 30.7 Å². The maximum atomic E-state index is 13.4. The van der Waals surface area contributed by atoms with E-state index < -0.39 is 46.5 Å². The van der Waals surface area contributed by atoms with Crippen molar-refractivity contribution in [3.05, 3.63) is 57.7 Å². The zero-order chi connectivity index (χ0) is 35.1. The number of oxime groups is 1. The summed E-state index contributed by atoms with van der Waals surface area (Å²) in [5, 5.41) is 27.2. The molecule has 1 aromatic carbocycles. The van der Waals surface area contributed by atoms with Crippen LogP contribution in [0, 0.1) is 13.8 Å². The molecule has 0 bridgehead atoms. The lowest BCUT2D eigenvalue weighted by molar-refractivity contribution is -0.626. The van der Waals surface area contributed by atoms with Gasteiger partial charge >= 0.3 is 17.1 Å². The van der Waals surface area contributed by atoms with Crippen LogP contribution >= 0.6 is 34.9 Å². The van der Waals surface area contributed by atoms with Gasteiger partial charge in [0.1, 0.15) is 28.5 Å². The van der Waals surface area contributed by atoms with Crippen molar-refractivity contribution in [2.75, 3.05) is 28.7 Å². The summed E-state index contributed by atoms with van der Waals surface area (Å²) in [7, 11) is 0. The van der Waals surface area contributed by atoms with Gasteiger partial charge in [-0.25, -0.2) is 14.6 Å². The van der Waals surface area contributed by atoms with E-state index in [4.69, 9.17) is 22.0 Å². The van der Waals surface area contributed by atoms with Crippen LogP contribution in [0.25, 0.3) is 5.69 Å². The van der Waals surface area contributed by atoms with E-state index in [0.717, 1.165) is 33.1 Å². The first kappa shape index (κ1) is 34.5. The predicted octanol–water partition coefficient (Wildman–Crippen LogP) is 1.29. The first-order valence-corrected chi connectivity index (χ1v) is 17.1. The molecule has 0 spiro atoms. The number of thioether (sulfide) groups is 2. The number of amides is 2. The molecule has 2 aromatic heterocycles. The number of hydrogen-bond acceptors (Lipinski definition) is 14. The highest BCUT2D eigenvalue weighted by Gasteiger charge is 2.54. The number of aliphatic carboxylic acids is 2. The van der Waals surface area contributed by atoms with Gasteiger partial charge in [-0.1, -0.05) is 28.3 Å². The largest absolute Gasteiger partial charge is 0.478 e. The van der Waals surface area contributed by atoms with Crippen molar-refractivity contribution in [3.63, 3.8) is 0 Å². The molecule has 5 rings (SSSR count). The molecule has 252 valence electrons. The lowest BCUT2D eigenvalue weighted by atomic mass is 10.0. The number of carboxylic acid groups (broad SMARTS) is 2. The number of rotatable bonds is 11. The SMILES string of the molecule is Cc1cccc(C)c1-[n+]1c(N)cc(N)nc1SCC1=C(C(=O)O)N2C(=O)C(NC(=O)/C(=N\OC(C)(C)C(=O)O)c3csc(N)n3)C2SC1. The third kappa shape index (κ3) is 6.60. The van der Waals surface area contributed by atoms with Crippen molar-refractivity contribution in [2.45, 2.75) is 49.9 Å². The van der Waals surface area contributed by atoms with Gasteiger partial charge in [-0.05, 0) is 56.2 Å². The molecule has 2 unspecified atom stereocenters. The van der Waals surface area contributed by atoms with E-state index in [-0.39, 0.29) is 33.8 Å². The Morgan fingerprint density at radius 1 is 1.19 bits per heavy atom. The molecule has 2 amide bonds. The highest BCUT2D eigenvalue weighted by Crippen LogP contribution is 2.41. The molecule has 48 heavy (non-hydrogen) atoms. The highest BCUT2D eigenvalue weighted by atomic mass is 32.2. The number of carboxylic acids is 2. The molecule has 0 saturated carbocycles. The molecule has 0 radical (unpaired) electrons. The number of fused-ring (bicyclic) bond motifs is 1. The average molecular weight is 715 g/mol. The number of aryl methyl sites for hydroxylation is 2. The molecule has 9 N–H and O–H groups in total. The lowest BCUT2D eigenvalue weighted by Crippen LogP contribution is -2.71. The Labute approximate surface area is 286 Å². The van der Waals surface area contributed by atoms with Crippen LogP contribution in [0.5, 0.6) is 0 Å². The van der Waals surface area contributed by atoms with Gasteiger partial charge in [0.25, 0.3) is 11.8 Å². The maximum Gasteiger partial charge on any atom is 0.352 e. The van der Waals surface area contributed by atoms with Gasteiger partial charge < -0.3 is 37.6 Å². The van der Waals surface area contributed by atoms with E-state index >= 15 is 0 Å². The van der Waals surface area contributed by atoms with Crippen molar-refractivity contribution in [1.82, 2.24) is 20.2 Å². The summed E-state index contributed by atoms with van der Waals surface area (Å²) in [6.07, 6.45) is 0. The molecule has 3 aromatic rings. The summed E-state index contributed by atoms with van der Waals surface area (Å²) in [4.78, 5) is 65.6. The smallest absolute Gasteiger partial charge is 0.352 e. The quantitative estimate of drug-likeness (QED) is 0.0409. The van der Waals surface area contributed by atoms with Crippen LogP contribution in [0.2, 0.25) is 0 Å². The lowest BCUT2D eigenvalue weighted by Gasteiger charge is -2.49. The summed E-state index contributed by atoms with van der Waals surface area (Å²) in [6, 6.07) is 6.25. The molecule has 1 fully saturated rings. The number of nitrogens with one attached hydrogen (secondary N) is 1. The number of carbonyl (C=O) groups excluding carboxylic acids is 2. The normalized spacial score (nSPS) is 17.9. The average Bonchev–Trinajstić information content (AvgIpc) is 3.44. The molecule has 2 aliphatic heterocycles. The Morgan fingerprint density at radius 2 is 1.88 bits per heavy atom. The first-order chi connectivity index (χ1) is 22.6. The third-order valence-corrected chi connectivity index (χ3v) is 10.4. The zero-order valence-corrected chi connectivity index (χ0v) is 28.5. The summed E-state index contributed by atoms with van der Waals surface area (Å²) in [5.74, 6) is -3.24. The number of nitrogen functional groups attached to an aromatic ring is 3. The molecule has 4 heterocycles. The van der Waals surface area contributed by atoms with Crippen LogP contribution in [0.15, 0.2) is 51.2 Å². The number of nitrogens with two attached hydrogens (primary N) is 3. The number of anilines is 3. The molecule has 2 atom stereocenters. The Morgan fingerprint density at radius 3 is 2.48 bits per heavy atom. The minimum atomic E-state index is -1.78. The topological polar surface area (TPSA) is 253 Å². The van der Waals surface area contributed by atoms with E-state index in [0.29, 0.717) is 16.5 Å². The van der Waals surface area contributed by atoms with Crippen LogP contribution in [0.3, 0.4) is 0 Å². The van der Waals surface area contributed by atoms with E-state index in [9.17, 15) is 29.4 Å². The zero-order valence-electron chi connectivity index (χ0n) is 26.1. The first-order valence-electron chi connectivity index (χ1n) is 14.2. The van der Waals surface area contributed by atoms with Crippen LogP contribution in [-0.2, 0) is 24.0 Å². The van der Waals surface area contributed by atoms with Gasteiger partial charge in [0.05, 0.1) is 6.07 Å². The predicted molar refractivity (Wildman–Crippen MR) is 180 cm³/mol. The van der Waals surface area contributed by atoms with Crippen molar-refractivity contribution < 1.29 is 38.8 Å². The number of β-lactam (4-membered cyclic amide) rings is 1. The second-order valence-corrected chi connectivity index (χ2v) is 14.2. The molecule has 1 saturated heterocycles. The Hall–Kier alpha value is -4.88. The molecule has 0 aliphatic carbocycles. The summed E-state index contributed by atoms with van der Waals surface area (Å²) in [6.45, 7) is 6.37. The molecule has 2 aliphatic rings. The number of nitrogens with zero attached hydrogens (tertiary/aromatic N) is 5. The van der Waals surface area contributed by atoms with Gasteiger partial charge in [0.15, 0.2) is 10.8 Å². The Bertz CT molecular complexity index is 1890. The monoisotopic (exact) mass is 714 g/mol. The Balaban J connectivity index is 1.38. The van der Waals surface area contributed by atoms with Crippen LogP contribution in [0.4, 0.5) is 16.8 Å². The van der Waals surface area contributed by atoms with E-state index in [1.54, 1.807) is 10.6 Å². The number of benzene rings is 1. The van der Waals surface area contributed by atoms with E-state index in [1.807, 2.05) is 32.0 Å². The fourth-order valence-electron chi connectivity index (χ4n) is 4.95. The van der Waals surface area contributed by atoms with Crippen LogP contribution < -0.4 is 27.1 Å². The van der Waals surface area contributed by atoms with E-state index in [2.05, 4.69) is 20.4 Å². The van der Waals surface area contributed by atoms with Gasteiger partial charge in [-0.3, -0.25) is 14.5 Å². The molecule has 16 nitrogen and oxygen atoms in total. The van der Waals surface area contributed by atoms with Crippen LogP contribution in [-0.4, -0.2) is 83.1 Å². The summed E-state index contributed by atoms with van der Waals surface area (Å²) in [5.41, 5.74) is 19.0. The maximum absolute atomic E-state index is 13.4. The van der Waals surface area contributed by atoms with Crippen molar-refractivity contribution >= 4 is 81.1 Å². The van der Waals surface area contributed by atoms with Gasteiger partial charge in [-0.15, -0.1) is 23.1 Å². The second-order valence-electron chi connectivity index (χ2n) is 11.3. The van der Waals surface area contributed by atoms with Crippen molar-refractivity contribution in [3.8, 4) is 5.69 Å². The standard InChI is InChI=1S/C29H31N9O7S3/c1-12-6-5-7-13(2)20(12)37-17(31)8-16(30)34-28(37)48-10-14-9-46-24-19(23(40)38(24)21(14)25(41)42)35-22(39)18(15-11-47-27(32)33-15)36-45-29(3,4)26(43)44/h5-8,11,19,24H,9-10H2,1-4H3,(H8,30,31,32,33,35,39,41,42,43,44)/p+1/b36-18-. The number of carbonyl (C=O) groups is 4. The van der Waals surface area contributed by atoms with Gasteiger partial charge in [0.2, 0.25) is 17.2 Å². The summed E-state index contributed by atoms with van der Waals surface area (Å²) < 4.78 is 1.77. The molecule has 19 heteroatoms. The summed E-state index contributed by atoms with van der Waals surface area (Å²) >= 11 is 3.52. The number of thiazole rings is 1. The van der Waals surface area contributed by atoms with Gasteiger partial charge in [0, 0.05) is 16.9 Å². The minimum absolute atomic E-state index is 0.00970. The van der Waals surface area contributed by atoms with Crippen molar-refractivity contribution in [2.24, 2.45) is 5.16 Å². The second kappa shape index (κ2) is 13.3. The third-order valence-electron chi connectivity index (χ3n) is 7.40. The highest BCUT2D eigenvalue weighted by molar-refractivity contribution is 8.01. The minimum Gasteiger partial charge on any atom is -0.478 e. The van der Waals surface area contributed by atoms with E-state index in [1.165, 1.54) is 42.8 Å². The molecular formula is C29H32N9O7S3+. The number of hydrogen-bond donors (Lipinski definition) is 6. The fourth-order valence-corrected chi connectivity index (χ4v) is 8.02. The van der Waals surface area contributed by atoms with Crippen molar-refractivity contribution in [1.29, 1.82) is 0 Å².